The van der Waals surface area contributed by atoms with Crippen molar-refractivity contribution in [1.82, 2.24) is 15.2 Å². The molecule has 3 N–H and O–H groups in total. The van der Waals surface area contributed by atoms with Gasteiger partial charge in [-0.05, 0) is 31.5 Å². The highest BCUT2D eigenvalue weighted by Gasteiger charge is 2.30. The molecule has 3 rings (SSSR count). The molecule has 21 heavy (non-hydrogen) atoms. The Morgan fingerprint density at radius 2 is 2.24 bits per heavy atom. The van der Waals surface area contributed by atoms with E-state index in [0.29, 0.717) is 0 Å². The largest absolute Gasteiger partial charge is 0.351 e. The number of rotatable bonds is 3. The summed E-state index contributed by atoms with van der Waals surface area (Å²) >= 11 is 1.66. The monoisotopic (exact) mass is 304 g/mol. The second-order valence-corrected chi connectivity index (χ2v) is 6.12. The second kappa shape index (κ2) is 5.79. The van der Waals surface area contributed by atoms with Crippen molar-refractivity contribution in [2.45, 2.75) is 18.9 Å². The molecule has 7 heteroatoms. The lowest BCUT2D eigenvalue weighted by Crippen LogP contribution is -2.42. The van der Waals surface area contributed by atoms with Crippen molar-refractivity contribution >= 4 is 33.5 Å². The summed E-state index contributed by atoms with van der Waals surface area (Å²) in [6.07, 6.45) is 1.99. The minimum Gasteiger partial charge on any atom is -0.351 e. The van der Waals surface area contributed by atoms with Crippen LogP contribution in [0.15, 0.2) is 24.3 Å². The molecule has 1 fully saturated rings. The summed E-state index contributed by atoms with van der Waals surface area (Å²) in [4.78, 5) is 29.1. The number of imide groups is 1. The molecule has 1 aromatic carbocycles. The zero-order valence-electron chi connectivity index (χ0n) is 11.4. The summed E-state index contributed by atoms with van der Waals surface area (Å²) in [6, 6.07) is 7.34. The van der Waals surface area contributed by atoms with Gasteiger partial charge in [0.25, 0.3) is 0 Å². The highest BCUT2D eigenvalue weighted by molar-refractivity contribution is 7.18. The van der Waals surface area contributed by atoms with Gasteiger partial charge in [0.05, 0.1) is 22.8 Å². The van der Waals surface area contributed by atoms with Gasteiger partial charge in [-0.2, -0.15) is 0 Å². The zero-order valence-corrected chi connectivity index (χ0v) is 12.2. The first-order valence-electron chi connectivity index (χ1n) is 6.82. The van der Waals surface area contributed by atoms with Crippen molar-refractivity contribution < 1.29 is 9.59 Å². The van der Waals surface area contributed by atoms with E-state index in [4.69, 9.17) is 5.73 Å². The Labute approximate surface area is 125 Å². The van der Waals surface area contributed by atoms with Gasteiger partial charge >= 0.3 is 6.03 Å². The predicted octanol–water partition coefficient (Wildman–Crippen LogP) is 1.63. The van der Waals surface area contributed by atoms with E-state index in [1.807, 2.05) is 18.2 Å². The van der Waals surface area contributed by atoms with Crippen molar-refractivity contribution in [1.29, 1.82) is 0 Å². The van der Waals surface area contributed by atoms with Gasteiger partial charge in [0.1, 0.15) is 5.01 Å². The fourth-order valence-corrected chi connectivity index (χ4v) is 3.83. The van der Waals surface area contributed by atoms with E-state index in [1.54, 1.807) is 11.3 Å². The standard InChI is InChI=1S/C14H16N4O2S/c15-14(20)17-12(19)8-18-7-3-5-10(18)13-16-9-4-1-2-6-11(9)21-13/h1-2,4,6,10H,3,5,7-8H2,(H3,15,17,19,20)/t10-/m0/s1. The van der Waals surface area contributed by atoms with Crippen LogP contribution in [0.2, 0.25) is 0 Å². The fraction of sp³-hybridized carbons (Fsp3) is 0.357. The quantitative estimate of drug-likeness (QED) is 0.902. The molecule has 0 spiro atoms. The number of aromatic nitrogens is 1. The first-order chi connectivity index (χ1) is 10.1. The number of nitrogens with one attached hydrogen (secondary N) is 1. The summed E-state index contributed by atoms with van der Waals surface area (Å²) in [5.74, 6) is -0.365. The Morgan fingerprint density at radius 1 is 1.43 bits per heavy atom. The highest BCUT2D eigenvalue weighted by Crippen LogP contribution is 2.35. The lowest BCUT2D eigenvalue weighted by atomic mass is 10.2. The number of nitrogens with zero attached hydrogens (tertiary/aromatic N) is 2. The number of fused-ring (bicyclic) bond motifs is 1. The summed E-state index contributed by atoms with van der Waals surface area (Å²) in [7, 11) is 0. The third kappa shape index (κ3) is 3.03. The van der Waals surface area contributed by atoms with Crippen LogP contribution in [0, 0.1) is 0 Å². The number of carbonyl (C=O) groups excluding carboxylic acids is 2. The lowest BCUT2D eigenvalue weighted by Gasteiger charge is -2.21. The second-order valence-electron chi connectivity index (χ2n) is 5.06. The normalized spacial score (nSPS) is 19.0. The van der Waals surface area contributed by atoms with Crippen LogP contribution >= 0.6 is 11.3 Å². The zero-order chi connectivity index (χ0) is 14.8. The molecule has 0 radical (unpaired) electrons. The maximum atomic E-state index is 11.7. The van der Waals surface area contributed by atoms with Crippen LogP contribution in [0.4, 0.5) is 4.79 Å². The van der Waals surface area contributed by atoms with Crippen LogP contribution < -0.4 is 11.1 Å². The summed E-state index contributed by atoms with van der Waals surface area (Å²) < 4.78 is 1.15. The topological polar surface area (TPSA) is 88.3 Å². The Hall–Kier alpha value is -1.99. The number of urea groups is 1. The number of thiazole rings is 1. The average Bonchev–Trinajstić information content (AvgIpc) is 3.02. The van der Waals surface area contributed by atoms with Crippen LogP contribution in [-0.4, -0.2) is 34.9 Å². The Kier molecular flexibility index (Phi) is 3.85. The van der Waals surface area contributed by atoms with E-state index in [-0.39, 0.29) is 18.5 Å². The maximum Gasteiger partial charge on any atom is 0.318 e. The summed E-state index contributed by atoms with van der Waals surface area (Å²) in [6.45, 7) is 0.996. The number of nitrogens with two attached hydrogens (primary N) is 1. The molecule has 0 aliphatic carbocycles. The van der Waals surface area contributed by atoms with E-state index in [2.05, 4.69) is 21.3 Å². The molecule has 2 aromatic rings. The van der Waals surface area contributed by atoms with Gasteiger partial charge in [-0.1, -0.05) is 12.1 Å². The van der Waals surface area contributed by atoms with Crippen LogP contribution in [0.3, 0.4) is 0 Å². The SMILES string of the molecule is NC(=O)NC(=O)CN1CCC[C@H]1c1nc2ccccc2s1. The van der Waals surface area contributed by atoms with Crippen molar-refractivity contribution in [3.05, 3.63) is 29.3 Å². The van der Waals surface area contributed by atoms with Gasteiger partial charge in [0.15, 0.2) is 0 Å². The van der Waals surface area contributed by atoms with Crippen LogP contribution in [0.1, 0.15) is 23.9 Å². The molecule has 3 amide bonds. The van der Waals surface area contributed by atoms with Gasteiger partial charge in [-0.15, -0.1) is 11.3 Å². The highest BCUT2D eigenvalue weighted by atomic mass is 32.1. The molecule has 6 nitrogen and oxygen atoms in total. The molecule has 1 aromatic heterocycles. The van der Waals surface area contributed by atoms with E-state index in [1.165, 1.54) is 0 Å². The third-order valence-corrected chi connectivity index (χ3v) is 4.71. The molecule has 0 bridgehead atoms. The number of primary amides is 1. The Morgan fingerprint density at radius 3 is 3.00 bits per heavy atom. The first-order valence-corrected chi connectivity index (χ1v) is 7.64. The number of amides is 3. The smallest absolute Gasteiger partial charge is 0.318 e. The van der Waals surface area contributed by atoms with E-state index >= 15 is 0 Å². The van der Waals surface area contributed by atoms with E-state index in [9.17, 15) is 9.59 Å². The molecular weight excluding hydrogens is 288 g/mol. The lowest BCUT2D eigenvalue weighted by molar-refractivity contribution is -0.121. The molecule has 110 valence electrons. The van der Waals surface area contributed by atoms with Gasteiger partial charge in [-0.25, -0.2) is 9.78 Å². The molecule has 1 aliphatic rings. The molecule has 2 heterocycles. The van der Waals surface area contributed by atoms with Crippen LogP contribution in [-0.2, 0) is 4.79 Å². The van der Waals surface area contributed by atoms with Gasteiger partial charge in [0.2, 0.25) is 5.91 Å². The fourth-order valence-electron chi connectivity index (χ4n) is 2.69. The maximum absolute atomic E-state index is 11.7. The van der Waals surface area contributed by atoms with Crippen LogP contribution in [0.25, 0.3) is 10.2 Å². The van der Waals surface area contributed by atoms with Crippen molar-refractivity contribution in [3.8, 4) is 0 Å². The van der Waals surface area contributed by atoms with Crippen molar-refractivity contribution in [3.63, 3.8) is 0 Å². The molecule has 0 saturated carbocycles. The Balaban J connectivity index is 1.77. The summed E-state index contributed by atoms with van der Waals surface area (Å²) in [5, 5.41) is 3.14. The minimum atomic E-state index is -0.810. The van der Waals surface area contributed by atoms with Crippen molar-refractivity contribution in [2.75, 3.05) is 13.1 Å². The number of likely N-dealkylation sites (tertiary alicyclic amines) is 1. The molecule has 1 saturated heterocycles. The molecule has 1 aliphatic heterocycles. The van der Waals surface area contributed by atoms with E-state index < -0.39 is 6.03 Å². The van der Waals surface area contributed by atoms with Crippen LogP contribution in [0.5, 0.6) is 0 Å². The number of hydrogen-bond donors (Lipinski definition) is 2. The third-order valence-electron chi connectivity index (χ3n) is 3.57. The average molecular weight is 304 g/mol. The minimum absolute atomic E-state index is 0.140. The first kappa shape index (κ1) is 14.0. The number of para-hydroxylation sites is 1. The van der Waals surface area contributed by atoms with E-state index in [0.717, 1.165) is 34.6 Å². The Bertz CT molecular complexity index is 651. The van der Waals surface area contributed by atoms with Gasteiger partial charge in [-0.3, -0.25) is 15.0 Å². The predicted molar refractivity (Wildman–Crippen MR) is 80.9 cm³/mol. The summed E-state index contributed by atoms with van der Waals surface area (Å²) in [5.41, 5.74) is 5.96. The molecule has 0 unspecified atom stereocenters. The number of hydrogen-bond acceptors (Lipinski definition) is 5. The molecular formula is C14H16N4O2S. The van der Waals surface area contributed by atoms with Gasteiger partial charge in [0, 0.05) is 0 Å². The number of carbonyl (C=O) groups is 2. The molecule has 1 atom stereocenters. The van der Waals surface area contributed by atoms with Gasteiger partial charge < -0.3 is 5.73 Å². The number of benzene rings is 1. The van der Waals surface area contributed by atoms with Crippen molar-refractivity contribution in [2.24, 2.45) is 5.73 Å².